The Bertz CT molecular complexity index is 748. The predicted octanol–water partition coefficient (Wildman–Crippen LogP) is 3.07. The summed E-state index contributed by atoms with van der Waals surface area (Å²) in [5, 5.41) is 0. The molecule has 2 heterocycles. The molecule has 2 spiro atoms. The van der Waals surface area contributed by atoms with Crippen molar-refractivity contribution < 1.29 is 18.9 Å². The summed E-state index contributed by atoms with van der Waals surface area (Å²) in [5.41, 5.74) is -1.93. The maximum absolute atomic E-state index is 5.85. The van der Waals surface area contributed by atoms with Gasteiger partial charge in [0, 0.05) is 12.8 Å². The van der Waals surface area contributed by atoms with Crippen LogP contribution in [0.5, 0.6) is 0 Å². The van der Waals surface area contributed by atoms with Crippen LogP contribution >= 0.6 is 0 Å². The lowest BCUT2D eigenvalue weighted by Gasteiger charge is -2.49. The van der Waals surface area contributed by atoms with Gasteiger partial charge in [0.1, 0.15) is 12.1 Å². The summed E-state index contributed by atoms with van der Waals surface area (Å²) in [6.45, 7) is 8.34. The van der Waals surface area contributed by atoms with Crippen molar-refractivity contribution >= 4 is 23.6 Å². The Hall–Kier alpha value is -2.38. The molecule has 0 aromatic rings. The molecule has 0 amide bonds. The van der Waals surface area contributed by atoms with Crippen molar-refractivity contribution in [3.8, 4) is 0 Å². The first kappa shape index (κ1) is 22.3. The Morgan fingerprint density at radius 1 is 0.700 bits per heavy atom. The van der Waals surface area contributed by atoms with Crippen molar-refractivity contribution in [2.45, 2.75) is 63.7 Å². The Balaban J connectivity index is 2.29. The SMILES string of the molecule is COC1=N[C@]2(CC=CC[C@]23N=C(OC)C(C(C)C)N=C3OC)C(OC)=NC1C(C)C. The van der Waals surface area contributed by atoms with Crippen LogP contribution in [-0.4, -0.2) is 75.2 Å². The van der Waals surface area contributed by atoms with Crippen LogP contribution < -0.4 is 0 Å². The molecule has 0 aromatic carbocycles. The lowest BCUT2D eigenvalue weighted by molar-refractivity contribution is 0.220. The normalized spacial score (nSPS) is 33.3. The second kappa shape index (κ2) is 8.40. The lowest BCUT2D eigenvalue weighted by Crippen LogP contribution is -2.67. The van der Waals surface area contributed by atoms with Gasteiger partial charge in [0.05, 0.1) is 28.4 Å². The Kier molecular flexibility index (Phi) is 6.24. The van der Waals surface area contributed by atoms with Gasteiger partial charge in [-0.3, -0.25) is 0 Å². The summed E-state index contributed by atoms with van der Waals surface area (Å²) in [6.07, 6.45) is 5.23. The van der Waals surface area contributed by atoms with Crippen LogP contribution in [0.4, 0.5) is 0 Å². The van der Waals surface area contributed by atoms with Gasteiger partial charge < -0.3 is 18.9 Å². The van der Waals surface area contributed by atoms with E-state index in [-0.39, 0.29) is 23.9 Å². The number of hydrogen-bond donors (Lipinski definition) is 0. The number of methoxy groups -OCH3 is 4. The van der Waals surface area contributed by atoms with Gasteiger partial charge in [-0.2, -0.15) is 0 Å². The highest BCUT2D eigenvalue weighted by molar-refractivity contribution is 6.07. The fraction of sp³-hybridized carbons (Fsp3) is 0.727. The predicted molar refractivity (Wildman–Crippen MR) is 119 cm³/mol. The number of fused-ring (bicyclic) bond motifs is 1. The van der Waals surface area contributed by atoms with Crippen LogP contribution in [-0.2, 0) is 18.9 Å². The zero-order chi connectivity index (χ0) is 22.1. The van der Waals surface area contributed by atoms with E-state index >= 15 is 0 Å². The zero-order valence-electron chi connectivity index (χ0n) is 19.3. The number of ether oxygens (including phenoxy) is 4. The molecule has 1 aliphatic carbocycles. The van der Waals surface area contributed by atoms with E-state index in [0.29, 0.717) is 36.4 Å². The number of aliphatic imine (C=N–C) groups is 4. The maximum Gasteiger partial charge on any atom is 0.216 e. The molecule has 3 aliphatic rings. The molecule has 0 saturated carbocycles. The van der Waals surface area contributed by atoms with E-state index in [9.17, 15) is 0 Å². The van der Waals surface area contributed by atoms with Gasteiger partial charge >= 0.3 is 0 Å². The standard InChI is InChI=1S/C22H34N4O4/c1-13(2)15-17(27-5)25-21(19(23-15)29-7)11-9-10-12-22(21)20(30-8)24-16(14(3)4)18(26-22)28-6/h9-10,13-16H,11-12H2,1-8H3/t15?,16?,21-,22-/m1/s1. The summed E-state index contributed by atoms with van der Waals surface area (Å²) in [5.74, 6) is 2.56. The van der Waals surface area contributed by atoms with Gasteiger partial charge in [0.2, 0.25) is 23.6 Å². The van der Waals surface area contributed by atoms with Crippen LogP contribution in [0, 0.1) is 11.8 Å². The molecule has 8 heteroatoms. The summed E-state index contributed by atoms with van der Waals surface area (Å²) in [6, 6.07) is -0.446. The largest absolute Gasteiger partial charge is 0.483 e. The second-order valence-electron chi connectivity index (χ2n) is 8.56. The van der Waals surface area contributed by atoms with Crippen LogP contribution in [0.25, 0.3) is 0 Å². The molecule has 0 aromatic heterocycles. The number of rotatable bonds is 2. The van der Waals surface area contributed by atoms with Gasteiger partial charge in [0.25, 0.3) is 0 Å². The molecule has 0 radical (unpaired) electrons. The van der Waals surface area contributed by atoms with Crippen molar-refractivity contribution in [2.75, 3.05) is 28.4 Å². The van der Waals surface area contributed by atoms with Gasteiger partial charge in [-0.25, -0.2) is 20.0 Å². The van der Waals surface area contributed by atoms with E-state index in [1.807, 2.05) is 0 Å². The van der Waals surface area contributed by atoms with Gasteiger partial charge in [-0.15, -0.1) is 0 Å². The zero-order valence-corrected chi connectivity index (χ0v) is 19.3. The molecule has 166 valence electrons. The van der Waals surface area contributed by atoms with Gasteiger partial charge in [-0.05, 0) is 11.8 Å². The van der Waals surface area contributed by atoms with E-state index in [2.05, 4.69) is 39.8 Å². The van der Waals surface area contributed by atoms with Gasteiger partial charge in [0.15, 0.2) is 11.1 Å². The molecule has 3 rings (SSSR count). The average molecular weight is 419 g/mol. The number of hydrogen-bond acceptors (Lipinski definition) is 8. The summed E-state index contributed by atoms with van der Waals surface area (Å²) in [4.78, 5) is 20.1. The topological polar surface area (TPSA) is 86.4 Å². The Morgan fingerprint density at radius 3 is 1.33 bits per heavy atom. The van der Waals surface area contributed by atoms with E-state index in [1.54, 1.807) is 28.4 Å². The molecule has 4 atom stereocenters. The fourth-order valence-electron chi connectivity index (χ4n) is 4.48. The highest BCUT2D eigenvalue weighted by Gasteiger charge is 2.64. The van der Waals surface area contributed by atoms with E-state index < -0.39 is 11.1 Å². The van der Waals surface area contributed by atoms with Crippen molar-refractivity contribution in [3.63, 3.8) is 0 Å². The van der Waals surface area contributed by atoms with Crippen LogP contribution in [0.2, 0.25) is 0 Å². The molecule has 0 N–H and O–H groups in total. The fourth-order valence-corrected chi connectivity index (χ4v) is 4.48. The molecule has 2 aliphatic heterocycles. The first-order valence-corrected chi connectivity index (χ1v) is 10.5. The molecule has 0 bridgehead atoms. The average Bonchev–Trinajstić information content (AvgIpc) is 2.74. The minimum Gasteiger partial charge on any atom is -0.483 e. The molecular weight excluding hydrogens is 384 g/mol. The van der Waals surface area contributed by atoms with E-state index in [1.165, 1.54) is 0 Å². The first-order valence-electron chi connectivity index (χ1n) is 10.5. The highest BCUT2D eigenvalue weighted by Crippen LogP contribution is 2.47. The molecule has 30 heavy (non-hydrogen) atoms. The Morgan fingerprint density at radius 2 is 1.07 bits per heavy atom. The minimum atomic E-state index is -0.964. The van der Waals surface area contributed by atoms with Crippen molar-refractivity contribution in [1.82, 2.24) is 0 Å². The van der Waals surface area contributed by atoms with Crippen LogP contribution in [0.3, 0.4) is 0 Å². The summed E-state index contributed by atoms with van der Waals surface area (Å²) >= 11 is 0. The maximum atomic E-state index is 5.85. The van der Waals surface area contributed by atoms with E-state index in [4.69, 9.17) is 38.9 Å². The van der Waals surface area contributed by atoms with Crippen LogP contribution in [0.15, 0.2) is 32.1 Å². The smallest absolute Gasteiger partial charge is 0.216 e. The molecular formula is C22H34N4O4. The lowest BCUT2D eigenvalue weighted by atomic mass is 9.67. The third kappa shape index (κ3) is 3.20. The summed E-state index contributed by atoms with van der Waals surface area (Å²) < 4.78 is 23.1. The molecule has 0 fully saturated rings. The number of nitrogens with zero attached hydrogens (tertiary/aromatic N) is 4. The molecule has 0 saturated heterocycles. The van der Waals surface area contributed by atoms with Gasteiger partial charge in [-0.1, -0.05) is 39.8 Å². The van der Waals surface area contributed by atoms with E-state index in [0.717, 1.165) is 0 Å². The van der Waals surface area contributed by atoms with Crippen molar-refractivity contribution in [1.29, 1.82) is 0 Å². The quantitative estimate of drug-likeness (QED) is 0.645. The molecule has 2 unspecified atom stereocenters. The molecule has 8 nitrogen and oxygen atoms in total. The minimum absolute atomic E-state index is 0.201. The van der Waals surface area contributed by atoms with Crippen molar-refractivity contribution in [3.05, 3.63) is 12.2 Å². The third-order valence-corrected chi connectivity index (χ3v) is 6.07. The second-order valence-corrected chi connectivity index (χ2v) is 8.56. The third-order valence-electron chi connectivity index (χ3n) is 6.07. The van der Waals surface area contributed by atoms with Crippen LogP contribution in [0.1, 0.15) is 40.5 Å². The van der Waals surface area contributed by atoms with Crippen molar-refractivity contribution in [2.24, 2.45) is 31.8 Å². The summed E-state index contributed by atoms with van der Waals surface area (Å²) in [7, 11) is 6.51. The first-order chi connectivity index (χ1) is 14.3. The monoisotopic (exact) mass is 418 g/mol. The Labute approximate surface area is 179 Å². The highest BCUT2D eigenvalue weighted by atomic mass is 16.5.